The molecule has 0 unspecified atom stereocenters. The molecule has 2 aromatic rings. The van der Waals surface area contributed by atoms with Gasteiger partial charge in [0.25, 0.3) is 27.4 Å². The molecule has 0 fully saturated rings. The summed E-state index contributed by atoms with van der Waals surface area (Å²) in [5, 5.41) is 13.2. The molecule has 11 heteroatoms. The lowest BCUT2D eigenvalue weighted by atomic mass is 10.2. The van der Waals surface area contributed by atoms with Gasteiger partial charge in [0.1, 0.15) is 5.56 Å². The van der Waals surface area contributed by atoms with Crippen LogP contribution >= 0.6 is 21.5 Å². The summed E-state index contributed by atoms with van der Waals surface area (Å²) >= 11 is -1.91. The maximum atomic E-state index is 12.0. The Morgan fingerprint density at radius 1 is 1.50 bits per heavy atom. The highest BCUT2D eigenvalue weighted by Gasteiger charge is 2.16. The van der Waals surface area contributed by atoms with Crippen LogP contribution in [-0.4, -0.2) is 22.5 Å². The first-order valence-corrected chi connectivity index (χ1v) is 8.58. The smallest absolute Gasteiger partial charge is 0.519 e. The normalized spacial score (nSPS) is 11.0. The lowest BCUT2D eigenvalue weighted by Crippen LogP contribution is -2.36. The highest BCUT2D eigenvalue weighted by atomic mass is 127. The Hall–Kier alpha value is -1.96. The van der Waals surface area contributed by atoms with E-state index in [0.29, 0.717) is 17.1 Å². The average Bonchev–Trinajstić information content (AvgIpc) is 2.88. The van der Waals surface area contributed by atoms with Crippen LogP contribution in [0.5, 0.6) is 0 Å². The zero-order chi connectivity index (χ0) is 17.5. The van der Waals surface area contributed by atoms with Crippen molar-refractivity contribution in [3.63, 3.8) is 0 Å². The average molecular weight is 451 g/mol. The predicted molar refractivity (Wildman–Crippen MR) is 85.9 cm³/mol. The number of rotatable bonds is 8. The monoisotopic (exact) mass is 451 g/mol. The lowest BCUT2D eigenvalue weighted by Gasteiger charge is -2.17. The number of halogens is 1. The number of hydrogen-bond acceptors (Lipinski definition) is 7. The summed E-state index contributed by atoms with van der Waals surface area (Å²) in [6.45, 7) is 1.86. The first-order valence-electron chi connectivity index (χ1n) is 6.74. The Morgan fingerprint density at radius 2 is 2.29 bits per heavy atom. The summed E-state index contributed by atoms with van der Waals surface area (Å²) in [6.07, 6.45) is 3.28. The Kier molecular flexibility index (Phi) is 6.72. The number of carbonyl (C=O) groups is 1. The molecule has 0 spiro atoms. The highest BCUT2D eigenvalue weighted by Crippen LogP contribution is 2.04. The molecule has 0 radical (unpaired) electrons. The molecule has 0 aliphatic rings. The van der Waals surface area contributed by atoms with Crippen molar-refractivity contribution < 1.29 is 26.1 Å². The summed E-state index contributed by atoms with van der Waals surface area (Å²) in [4.78, 5) is 27.6. The molecular weight excluding hydrogens is 437 g/mol. The third kappa shape index (κ3) is 5.30. The van der Waals surface area contributed by atoms with Crippen LogP contribution in [0.15, 0.2) is 38.2 Å². The summed E-state index contributed by atoms with van der Waals surface area (Å²) < 4.78 is 21.6. The predicted octanol–water partition coefficient (Wildman–Crippen LogP) is 0.569. The topological polar surface area (TPSA) is 129 Å². The van der Waals surface area contributed by atoms with E-state index in [1.165, 1.54) is 0 Å². The van der Waals surface area contributed by atoms with Gasteiger partial charge in [-0.25, -0.2) is 4.79 Å². The molecule has 1 N–H and O–H groups in total. The van der Waals surface area contributed by atoms with Gasteiger partial charge in [-0.05, 0) is 13.0 Å². The minimum atomic E-state index is -1.91. The molecule has 2 rings (SSSR count). The van der Waals surface area contributed by atoms with Gasteiger partial charge in [0.15, 0.2) is 18.2 Å². The van der Waals surface area contributed by atoms with E-state index in [0.717, 1.165) is 0 Å². The second-order valence-electron chi connectivity index (χ2n) is 4.57. The van der Waals surface area contributed by atoms with Crippen LogP contribution in [-0.2, 0) is 14.5 Å². The van der Waals surface area contributed by atoms with Crippen LogP contribution in [0.4, 0.5) is 0 Å². The molecule has 2 aromatic heterocycles. The van der Waals surface area contributed by atoms with Crippen LogP contribution < -0.4 is 15.7 Å². The van der Waals surface area contributed by atoms with Crippen LogP contribution in [0, 0.1) is 12.1 Å². The van der Waals surface area contributed by atoms with E-state index in [1.54, 1.807) is 36.0 Å². The SMILES string of the molecule is Cc1oc(=O)oc1C[n+]1cccc(C(=O)NCCON([O-])I=O)c1. The number of carbonyl (C=O) groups excluding carboxylic acids is 1. The number of hydrogen-bond donors (Lipinski definition) is 1. The summed E-state index contributed by atoms with van der Waals surface area (Å²) in [6, 6.07) is 3.27. The number of amides is 1. The van der Waals surface area contributed by atoms with Gasteiger partial charge in [-0.3, -0.25) is 12.7 Å². The summed E-state index contributed by atoms with van der Waals surface area (Å²) in [5.41, 5.74) is 0.372. The fraction of sp³-hybridized carbons (Fsp3) is 0.308. The van der Waals surface area contributed by atoms with Gasteiger partial charge in [0, 0.05) is 12.6 Å². The number of aryl methyl sites for hydroxylation is 1. The van der Waals surface area contributed by atoms with Crippen molar-refractivity contribution in [2.24, 2.45) is 0 Å². The third-order valence-corrected chi connectivity index (χ3v) is 3.52. The van der Waals surface area contributed by atoms with Crippen LogP contribution in [0.1, 0.15) is 21.9 Å². The molecule has 0 aliphatic heterocycles. The largest absolute Gasteiger partial charge is 0.751 e. The van der Waals surface area contributed by atoms with E-state index in [1.807, 2.05) is 0 Å². The molecule has 0 atom stereocenters. The zero-order valence-electron chi connectivity index (χ0n) is 12.6. The van der Waals surface area contributed by atoms with Crippen molar-refractivity contribution in [1.29, 1.82) is 0 Å². The Balaban J connectivity index is 1.94. The van der Waals surface area contributed by atoms with E-state index in [9.17, 15) is 17.9 Å². The fourth-order valence-corrected chi connectivity index (χ4v) is 2.15. The van der Waals surface area contributed by atoms with Crippen molar-refractivity contribution in [3.05, 3.63) is 57.4 Å². The summed E-state index contributed by atoms with van der Waals surface area (Å²) in [5.74, 6) is -0.396. The minimum Gasteiger partial charge on any atom is -0.751 e. The molecule has 1 amide bonds. The van der Waals surface area contributed by atoms with E-state index in [2.05, 4.69) is 10.2 Å². The van der Waals surface area contributed by atoms with Gasteiger partial charge in [-0.15, -0.1) is 0 Å². The molecular formula is C13H14IN3O7. The van der Waals surface area contributed by atoms with Gasteiger partial charge in [0.2, 0.25) is 12.3 Å². The Morgan fingerprint density at radius 3 is 2.96 bits per heavy atom. The molecule has 2 heterocycles. The Bertz CT molecular complexity index is 773. The number of aromatic nitrogens is 1. The molecule has 10 nitrogen and oxygen atoms in total. The standard InChI is InChI=1S/C13H14IN3O7/c1-9-11(24-13(19)23-9)8-16-5-2-3-10(7-16)12(18)15-4-6-22-17(21)14-20/h2-3,5,7H,4,6,8H2,1H3,(H,15,18). The molecule has 130 valence electrons. The maximum Gasteiger partial charge on any atom is 0.519 e. The van der Waals surface area contributed by atoms with Gasteiger partial charge >= 0.3 is 5.82 Å². The molecule has 0 saturated heterocycles. The van der Waals surface area contributed by atoms with Gasteiger partial charge < -0.3 is 19.4 Å². The molecule has 0 aliphatic carbocycles. The second kappa shape index (κ2) is 8.77. The first-order chi connectivity index (χ1) is 11.5. The fourth-order valence-electron chi connectivity index (χ4n) is 1.84. The minimum absolute atomic E-state index is 0.00251. The van der Waals surface area contributed by atoms with E-state index in [4.69, 9.17) is 8.83 Å². The van der Waals surface area contributed by atoms with E-state index in [-0.39, 0.29) is 29.0 Å². The molecule has 0 bridgehead atoms. The van der Waals surface area contributed by atoms with E-state index < -0.39 is 27.3 Å². The Labute approximate surface area is 146 Å². The molecule has 0 saturated carbocycles. The van der Waals surface area contributed by atoms with Crippen LogP contribution in [0.3, 0.4) is 0 Å². The maximum absolute atomic E-state index is 12.0. The highest BCUT2D eigenvalue weighted by molar-refractivity contribution is 14.1. The first kappa shape index (κ1) is 18.4. The quantitative estimate of drug-likeness (QED) is 0.203. The number of pyridine rings is 1. The van der Waals surface area contributed by atoms with Crippen molar-refractivity contribution in [2.45, 2.75) is 13.5 Å². The zero-order valence-corrected chi connectivity index (χ0v) is 14.7. The van der Waals surface area contributed by atoms with Gasteiger partial charge in [0.05, 0.1) is 6.61 Å². The van der Waals surface area contributed by atoms with Crippen LogP contribution in [0.2, 0.25) is 0 Å². The van der Waals surface area contributed by atoms with Crippen molar-refractivity contribution >= 4 is 27.4 Å². The van der Waals surface area contributed by atoms with Crippen molar-refractivity contribution in [2.75, 3.05) is 13.2 Å². The number of nitrogens with one attached hydrogen (secondary N) is 1. The summed E-state index contributed by atoms with van der Waals surface area (Å²) in [7, 11) is 0. The lowest BCUT2D eigenvalue weighted by molar-refractivity contribution is -0.690. The van der Waals surface area contributed by atoms with Crippen LogP contribution in [0.25, 0.3) is 0 Å². The third-order valence-electron chi connectivity index (χ3n) is 2.92. The molecule has 24 heavy (non-hydrogen) atoms. The van der Waals surface area contributed by atoms with E-state index >= 15 is 0 Å². The van der Waals surface area contributed by atoms with Gasteiger partial charge in [-0.1, -0.05) is 0 Å². The molecule has 0 aromatic carbocycles. The number of nitrogens with zero attached hydrogens (tertiary/aromatic N) is 2. The second-order valence-corrected chi connectivity index (χ2v) is 5.75. The van der Waals surface area contributed by atoms with Crippen molar-refractivity contribution in [1.82, 2.24) is 8.76 Å². The van der Waals surface area contributed by atoms with Crippen molar-refractivity contribution in [3.8, 4) is 0 Å². The van der Waals surface area contributed by atoms with Gasteiger partial charge in [-0.2, -0.15) is 8.01 Å².